The molecule has 3 rings (SSSR count). The molecule has 92 valence electrons. The molecule has 0 radical (unpaired) electrons. The molecule has 0 unspecified atom stereocenters. The van der Waals surface area contributed by atoms with Crippen molar-refractivity contribution in [3.63, 3.8) is 0 Å². The summed E-state index contributed by atoms with van der Waals surface area (Å²) in [5, 5.41) is 0. The Kier molecular flexibility index (Phi) is 3.16. The van der Waals surface area contributed by atoms with Gasteiger partial charge in [-0.2, -0.15) is 0 Å². The second kappa shape index (κ2) is 4.95. The van der Waals surface area contributed by atoms with E-state index in [0.29, 0.717) is 0 Å². The van der Waals surface area contributed by atoms with Crippen molar-refractivity contribution in [3.8, 4) is 11.1 Å². The van der Waals surface area contributed by atoms with Gasteiger partial charge in [0.25, 0.3) is 0 Å². The summed E-state index contributed by atoms with van der Waals surface area (Å²) in [7, 11) is 0. The molecular weight excluding hydrogens is 218 g/mol. The average molecular weight is 237 g/mol. The first-order chi connectivity index (χ1) is 8.83. The molecule has 1 heteroatoms. The lowest BCUT2D eigenvalue weighted by Gasteiger charge is -2.12. The first-order valence-corrected chi connectivity index (χ1v) is 6.74. The van der Waals surface area contributed by atoms with E-state index in [4.69, 9.17) is 5.73 Å². The maximum absolute atomic E-state index is 6.22. The van der Waals surface area contributed by atoms with Crippen LogP contribution < -0.4 is 5.73 Å². The van der Waals surface area contributed by atoms with Gasteiger partial charge in [-0.1, -0.05) is 67.4 Å². The summed E-state index contributed by atoms with van der Waals surface area (Å²) in [4.78, 5) is 0. The van der Waals surface area contributed by atoms with Gasteiger partial charge in [-0.3, -0.25) is 0 Å². The fourth-order valence-electron chi connectivity index (χ4n) is 2.40. The van der Waals surface area contributed by atoms with Gasteiger partial charge in [-0.25, -0.2) is 0 Å². The quantitative estimate of drug-likeness (QED) is 0.849. The minimum absolute atomic E-state index is 0.210. The third kappa shape index (κ3) is 2.62. The molecule has 1 aliphatic rings. The Morgan fingerprint density at radius 1 is 0.889 bits per heavy atom. The molecule has 0 bridgehead atoms. The van der Waals surface area contributed by atoms with Crippen molar-refractivity contribution in [2.24, 2.45) is 11.7 Å². The van der Waals surface area contributed by atoms with Crippen LogP contribution in [0.25, 0.3) is 11.1 Å². The van der Waals surface area contributed by atoms with Crippen LogP contribution in [0.3, 0.4) is 0 Å². The van der Waals surface area contributed by atoms with E-state index in [1.54, 1.807) is 0 Å². The first kappa shape index (κ1) is 11.5. The summed E-state index contributed by atoms with van der Waals surface area (Å²) < 4.78 is 0. The Morgan fingerprint density at radius 2 is 1.50 bits per heavy atom. The van der Waals surface area contributed by atoms with Gasteiger partial charge in [0.1, 0.15) is 0 Å². The van der Waals surface area contributed by atoms with Crippen molar-refractivity contribution >= 4 is 0 Å². The molecule has 0 heterocycles. The molecule has 0 aromatic heterocycles. The van der Waals surface area contributed by atoms with Crippen LogP contribution >= 0.6 is 0 Å². The van der Waals surface area contributed by atoms with Gasteiger partial charge in [-0.05, 0) is 29.0 Å². The predicted octanol–water partition coefficient (Wildman–Crippen LogP) is 4.15. The molecule has 1 atom stereocenters. The van der Waals surface area contributed by atoms with Crippen molar-refractivity contribution in [2.45, 2.75) is 25.3 Å². The maximum Gasteiger partial charge on any atom is 0.0297 e. The third-order valence-corrected chi connectivity index (χ3v) is 3.73. The lowest BCUT2D eigenvalue weighted by molar-refractivity contribution is 0.597. The number of nitrogens with two attached hydrogens (primary N) is 1. The summed E-state index contributed by atoms with van der Waals surface area (Å²) in [6, 6.07) is 19.4. The van der Waals surface area contributed by atoms with Crippen molar-refractivity contribution in [1.29, 1.82) is 0 Å². The Hall–Kier alpha value is -1.60. The smallest absolute Gasteiger partial charge is 0.0297 e. The molecule has 0 amide bonds. The Morgan fingerprint density at radius 3 is 2.11 bits per heavy atom. The van der Waals surface area contributed by atoms with Crippen LogP contribution in [-0.4, -0.2) is 0 Å². The molecule has 1 saturated carbocycles. The van der Waals surface area contributed by atoms with E-state index in [1.807, 2.05) is 6.07 Å². The van der Waals surface area contributed by atoms with E-state index < -0.39 is 0 Å². The fourth-order valence-corrected chi connectivity index (χ4v) is 2.40. The largest absolute Gasteiger partial charge is 0.324 e. The summed E-state index contributed by atoms with van der Waals surface area (Å²) in [5.41, 5.74) is 10.0. The molecule has 1 fully saturated rings. The molecule has 0 spiro atoms. The van der Waals surface area contributed by atoms with Crippen molar-refractivity contribution in [3.05, 3.63) is 60.2 Å². The number of benzene rings is 2. The van der Waals surface area contributed by atoms with E-state index in [1.165, 1.54) is 29.5 Å². The van der Waals surface area contributed by atoms with Gasteiger partial charge in [0, 0.05) is 6.04 Å². The summed E-state index contributed by atoms with van der Waals surface area (Å²) in [6.45, 7) is 0. The molecular formula is C17H19N. The monoisotopic (exact) mass is 237 g/mol. The molecule has 0 saturated heterocycles. The van der Waals surface area contributed by atoms with Gasteiger partial charge in [0.15, 0.2) is 0 Å². The summed E-state index contributed by atoms with van der Waals surface area (Å²) in [5.74, 6) is 0.883. The Bertz CT molecular complexity index is 497. The van der Waals surface area contributed by atoms with Gasteiger partial charge < -0.3 is 5.73 Å². The van der Waals surface area contributed by atoms with E-state index in [2.05, 4.69) is 48.5 Å². The van der Waals surface area contributed by atoms with Crippen LogP contribution in [0.15, 0.2) is 54.6 Å². The van der Waals surface area contributed by atoms with E-state index in [-0.39, 0.29) is 6.04 Å². The van der Waals surface area contributed by atoms with Crippen LogP contribution in [0.4, 0.5) is 0 Å². The molecule has 18 heavy (non-hydrogen) atoms. The van der Waals surface area contributed by atoms with Crippen LogP contribution in [0, 0.1) is 5.92 Å². The molecule has 2 N–H and O–H groups in total. The molecule has 2 aromatic carbocycles. The minimum Gasteiger partial charge on any atom is -0.324 e. The standard InChI is InChI=1S/C17H19N/c18-17(12-13-6-7-13)16-10-8-15(9-11-16)14-4-2-1-3-5-14/h1-5,8-11,13,17H,6-7,12,18H2/t17-/m0/s1. The Balaban J connectivity index is 1.76. The highest BCUT2D eigenvalue weighted by atomic mass is 14.6. The van der Waals surface area contributed by atoms with Gasteiger partial charge in [0.05, 0.1) is 0 Å². The molecule has 1 nitrogen and oxygen atoms in total. The highest BCUT2D eigenvalue weighted by Gasteiger charge is 2.24. The van der Waals surface area contributed by atoms with Crippen LogP contribution in [-0.2, 0) is 0 Å². The fraction of sp³-hybridized carbons (Fsp3) is 0.294. The lowest BCUT2D eigenvalue weighted by atomic mass is 9.98. The van der Waals surface area contributed by atoms with Crippen LogP contribution in [0.5, 0.6) is 0 Å². The van der Waals surface area contributed by atoms with E-state index in [0.717, 1.165) is 12.3 Å². The molecule has 2 aromatic rings. The molecule has 1 aliphatic carbocycles. The van der Waals surface area contributed by atoms with Crippen molar-refractivity contribution in [2.75, 3.05) is 0 Å². The predicted molar refractivity (Wildman–Crippen MR) is 76.1 cm³/mol. The number of hydrogen-bond donors (Lipinski definition) is 1. The molecule has 0 aliphatic heterocycles. The zero-order chi connectivity index (χ0) is 12.4. The maximum atomic E-state index is 6.22. The average Bonchev–Trinajstić information content (AvgIpc) is 3.24. The highest BCUT2D eigenvalue weighted by Crippen LogP contribution is 2.36. The SMILES string of the molecule is N[C@@H](CC1CC1)c1ccc(-c2ccccc2)cc1. The highest BCUT2D eigenvalue weighted by molar-refractivity contribution is 5.63. The third-order valence-electron chi connectivity index (χ3n) is 3.73. The lowest BCUT2D eigenvalue weighted by Crippen LogP contribution is -2.10. The van der Waals surface area contributed by atoms with E-state index >= 15 is 0 Å². The zero-order valence-electron chi connectivity index (χ0n) is 10.5. The Labute approximate surface area is 109 Å². The second-order valence-electron chi connectivity index (χ2n) is 5.27. The number of hydrogen-bond acceptors (Lipinski definition) is 1. The van der Waals surface area contributed by atoms with Crippen molar-refractivity contribution < 1.29 is 0 Å². The van der Waals surface area contributed by atoms with E-state index in [9.17, 15) is 0 Å². The first-order valence-electron chi connectivity index (χ1n) is 6.74. The van der Waals surface area contributed by atoms with Crippen LogP contribution in [0.2, 0.25) is 0 Å². The normalized spacial score (nSPS) is 16.5. The topological polar surface area (TPSA) is 26.0 Å². The minimum atomic E-state index is 0.210. The van der Waals surface area contributed by atoms with Gasteiger partial charge in [-0.15, -0.1) is 0 Å². The van der Waals surface area contributed by atoms with Crippen LogP contribution in [0.1, 0.15) is 30.9 Å². The summed E-state index contributed by atoms with van der Waals surface area (Å²) in [6.07, 6.45) is 3.89. The zero-order valence-corrected chi connectivity index (χ0v) is 10.5. The summed E-state index contributed by atoms with van der Waals surface area (Å²) >= 11 is 0. The van der Waals surface area contributed by atoms with Gasteiger partial charge >= 0.3 is 0 Å². The van der Waals surface area contributed by atoms with Crippen molar-refractivity contribution in [1.82, 2.24) is 0 Å². The van der Waals surface area contributed by atoms with Gasteiger partial charge in [0.2, 0.25) is 0 Å². The number of rotatable bonds is 4. The second-order valence-corrected chi connectivity index (χ2v) is 5.27.